The number of likely N-dealkylation sites (N-methyl/N-ethyl adjacent to an activating group) is 1. The molecule has 0 radical (unpaired) electrons. The smallest absolute Gasteiger partial charge is 0.0936 e. The molecule has 3 heteroatoms. The van der Waals surface area contributed by atoms with Crippen LogP contribution in [0.4, 0.5) is 0 Å². The van der Waals surface area contributed by atoms with Crippen molar-refractivity contribution < 1.29 is 9.47 Å². The first-order chi connectivity index (χ1) is 6.62. The van der Waals surface area contributed by atoms with E-state index in [2.05, 4.69) is 25.8 Å². The van der Waals surface area contributed by atoms with Gasteiger partial charge in [0.05, 0.1) is 25.4 Å². The minimum atomic E-state index is 0.272. The molecule has 0 aromatic rings. The van der Waals surface area contributed by atoms with E-state index in [4.69, 9.17) is 9.47 Å². The van der Waals surface area contributed by atoms with Crippen molar-refractivity contribution in [2.24, 2.45) is 0 Å². The standard InChI is InChI=1S/C11H21NO2/c1-9(2)13-7-10-6-12(3)11(4-5-11)8-14-10/h9-10H,4-8H2,1-3H3/t10-/m1/s1. The molecule has 2 aliphatic rings. The number of hydrogen-bond donors (Lipinski definition) is 0. The maximum absolute atomic E-state index is 5.81. The molecule has 0 amide bonds. The summed E-state index contributed by atoms with van der Waals surface area (Å²) in [6.45, 7) is 6.78. The average Bonchev–Trinajstić information content (AvgIpc) is 2.89. The second-order valence-corrected chi connectivity index (χ2v) is 4.92. The van der Waals surface area contributed by atoms with Gasteiger partial charge in [0.25, 0.3) is 0 Å². The van der Waals surface area contributed by atoms with Crippen LogP contribution in [-0.2, 0) is 9.47 Å². The van der Waals surface area contributed by atoms with Gasteiger partial charge >= 0.3 is 0 Å². The third-order valence-electron chi connectivity index (χ3n) is 3.32. The number of nitrogens with zero attached hydrogens (tertiary/aromatic N) is 1. The van der Waals surface area contributed by atoms with E-state index in [0.717, 1.165) is 19.8 Å². The Bertz CT molecular complexity index is 199. The van der Waals surface area contributed by atoms with Crippen molar-refractivity contribution in [3.63, 3.8) is 0 Å². The maximum atomic E-state index is 5.81. The summed E-state index contributed by atoms with van der Waals surface area (Å²) in [6.07, 6.45) is 3.19. The van der Waals surface area contributed by atoms with Crippen LogP contribution >= 0.6 is 0 Å². The first-order valence-corrected chi connectivity index (χ1v) is 5.57. The van der Waals surface area contributed by atoms with Gasteiger partial charge in [-0.15, -0.1) is 0 Å². The van der Waals surface area contributed by atoms with Gasteiger partial charge in [0, 0.05) is 12.1 Å². The van der Waals surface area contributed by atoms with Crippen molar-refractivity contribution in [3.8, 4) is 0 Å². The van der Waals surface area contributed by atoms with Gasteiger partial charge < -0.3 is 9.47 Å². The van der Waals surface area contributed by atoms with Crippen LogP contribution in [0.2, 0.25) is 0 Å². The Kier molecular flexibility index (Phi) is 2.82. The highest BCUT2D eigenvalue weighted by atomic mass is 16.5. The molecule has 1 spiro atoms. The van der Waals surface area contributed by atoms with Crippen LogP contribution in [0.15, 0.2) is 0 Å². The highest BCUT2D eigenvalue weighted by Gasteiger charge is 2.49. The quantitative estimate of drug-likeness (QED) is 0.683. The number of hydrogen-bond acceptors (Lipinski definition) is 3. The van der Waals surface area contributed by atoms with Crippen molar-refractivity contribution in [1.82, 2.24) is 4.90 Å². The van der Waals surface area contributed by atoms with E-state index in [-0.39, 0.29) is 6.10 Å². The van der Waals surface area contributed by atoms with Gasteiger partial charge in [-0.05, 0) is 33.7 Å². The average molecular weight is 199 g/mol. The zero-order valence-corrected chi connectivity index (χ0v) is 9.45. The molecule has 0 unspecified atom stereocenters. The molecular weight excluding hydrogens is 178 g/mol. The predicted molar refractivity (Wildman–Crippen MR) is 55.4 cm³/mol. The topological polar surface area (TPSA) is 21.7 Å². The molecule has 2 rings (SSSR count). The lowest BCUT2D eigenvalue weighted by Gasteiger charge is -2.37. The number of morpholine rings is 1. The summed E-state index contributed by atoms with van der Waals surface area (Å²) in [5, 5.41) is 0. The minimum absolute atomic E-state index is 0.272. The Morgan fingerprint density at radius 3 is 2.71 bits per heavy atom. The van der Waals surface area contributed by atoms with Crippen LogP contribution in [0.3, 0.4) is 0 Å². The highest BCUT2D eigenvalue weighted by molar-refractivity contribution is 5.05. The van der Waals surface area contributed by atoms with Crippen molar-refractivity contribution >= 4 is 0 Å². The van der Waals surface area contributed by atoms with Crippen molar-refractivity contribution in [2.45, 2.75) is 44.4 Å². The van der Waals surface area contributed by atoms with Crippen LogP contribution in [0.5, 0.6) is 0 Å². The molecule has 1 aliphatic heterocycles. The second-order valence-electron chi connectivity index (χ2n) is 4.92. The summed E-state index contributed by atoms with van der Waals surface area (Å²) in [6, 6.07) is 0. The molecular formula is C11H21NO2. The van der Waals surface area contributed by atoms with Crippen LogP contribution in [-0.4, -0.2) is 49.5 Å². The van der Waals surface area contributed by atoms with Gasteiger partial charge in [0.1, 0.15) is 0 Å². The zero-order chi connectivity index (χ0) is 10.2. The molecule has 14 heavy (non-hydrogen) atoms. The molecule has 1 aliphatic carbocycles. The molecule has 1 saturated carbocycles. The van der Waals surface area contributed by atoms with E-state index in [9.17, 15) is 0 Å². The number of ether oxygens (including phenoxy) is 2. The van der Waals surface area contributed by atoms with E-state index in [1.165, 1.54) is 12.8 Å². The Labute approximate surface area is 86.4 Å². The van der Waals surface area contributed by atoms with Crippen molar-refractivity contribution in [1.29, 1.82) is 0 Å². The van der Waals surface area contributed by atoms with Crippen LogP contribution in [0.1, 0.15) is 26.7 Å². The third-order valence-corrected chi connectivity index (χ3v) is 3.32. The Hall–Kier alpha value is -0.120. The van der Waals surface area contributed by atoms with Crippen LogP contribution in [0, 0.1) is 0 Å². The van der Waals surface area contributed by atoms with Crippen molar-refractivity contribution in [2.75, 3.05) is 26.8 Å². The maximum Gasteiger partial charge on any atom is 0.0936 e. The summed E-state index contributed by atoms with van der Waals surface area (Å²) >= 11 is 0. The fraction of sp³-hybridized carbons (Fsp3) is 1.00. The van der Waals surface area contributed by atoms with E-state index in [1.807, 2.05) is 0 Å². The largest absolute Gasteiger partial charge is 0.376 e. The fourth-order valence-electron chi connectivity index (χ4n) is 2.01. The van der Waals surface area contributed by atoms with Crippen LogP contribution < -0.4 is 0 Å². The molecule has 82 valence electrons. The first kappa shape index (κ1) is 10.4. The summed E-state index contributed by atoms with van der Waals surface area (Å²) in [4.78, 5) is 2.45. The third kappa shape index (κ3) is 2.10. The second kappa shape index (κ2) is 3.80. The van der Waals surface area contributed by atoms with Gasteiger partial charge in [-0.3, -0.25) is 4.90 Å². The summed E-state index contributed by atoms with van der Waals surface area (Å²) in [5.41, 5.74) is 0.411. The van der Waals surface area contributed by atoms with Crippen LogP contribution in [0.25, 0.3) is 0 Å². The normalized spacial score (nSPS) is 31.3. The lowest BCUT2D eigenvalue weighted by atomic mass is 10.2. The molecule has 1 atom stereocenters. The first-order valence-electron chi connectivity index (χ1n) is 5.57. The minimum Gasteiger partial charge on any atom is -0.376 e. The molecule has 0 aromatic heterocycles. The summed E-state index contributed by atoms with van der Waals surface area (Å²) in [7, 11) is 2.21. The fourth-order valence-corrected chi connectivity index (χ4v) is 2.01. The summed E-state index contributed by atoms with van der Waals surface area (Å²) in [5.74, 6) is 0. The lowest BCUT2D eigenvalue weighted by molar-refractivity contribution is -0.103. The molecule has 2 fully saturated rings. The molecule has 1 saturated heterocycles. The van der Waals surface area contributed by atoms with Gasteiger partial charge in [-0.2, -0.15) is 0 Å². The van der Waals surface area contributed by atoms with E-state index in [1.54, 1.807) is 0 Å². The molecule has 0 aromatic carbocycles. The molecule has 1 heterocycles. The molecule has 0 N–H and O–H groups in total. The van der Waals surface area contributed by atoms with Crippen molar-refractivity contribution in [3.05, 3.63) is 0 Å². The Morgan fingerprint density at radius 1 is 1.50 bits per heavy atom. The SMILES string of the molecule is CC(C)OC[C@H]1CN(C)C2(CC2)CO1. The predicted octanol–water partition coefficient (Wildman–Crippen LogP) is 1.27. The Balaban J connectivity index is 1.75. The number of rotatable bonds is 3. The zero-order valence-electron chi connectivity index (χ0n) is 9.45. The highest BCUT2D eigenvalue weighted by Crippen LogP contribution is 2.43. The van der Waals surface area contributed by atoms with Gasteiger partial charge in [-0.1, -0.05) is 0 Å². The molecule has 3 nitrogen and oxygen atoms in total. The van der Waals surface area contributed by atoms with E-state index in [0.29, 0.717) is 11.6 Å². The van der Waals surface area contributed by atoms with E-state index < -0.39 is 0 Å². The van der Waals surface area contributed by atoms with Gasteiger partial charge in [0.2, 0.25) is 0 Å². The molecule has 0 bridgehead atoms. The Morgan fingerprint density at radius 2 is 2.21 bits per heavy atom. The summed E-state index contributed by atoms with van der Waals surface area (Å²) < 4.78 is 11.4. The van der Waals surface area contributed by atoms with Gasteiger partial charge in [0.15, 0.2) is 0 Å². The van der Waals surface area contributed by atoms with Gasteiger partial charge in [-0.25, -0.2) is 0 Å². The monoisotopic (exact) mass is 199 g/mol. The van der Waals surface area contributed by atoms with E-state index >= 15 is 0 Å². The lowest BCUT2D eigenvalue weighted by Crippen LogP contribution is -2.50.